The van der Waals surface area contributed by atoms with Crippen LogP contribution >= 0.6 is 0 Å². The summed E-state index contributed by atoms with van der Waals surface area (Å²) in [5, 5.41) is 20.1. The lowest BCUT2D eigenvalue weighted by atomic mass is 9.92. The SMILES string of the molecule is CC[N+](CC)(CC)CCCCCCCCCCOCc1cn(Cc2cc(=O)oc3c(O)c4c(cc23)CCC(C)(C)O4)nn1. The van der Waals surface area contributed by atoms with Gasteiger partial charge >= 0.3 is 5.63 Å². The number of fused-ring (bicyclic) bond motifs is 2. The largest absolute Gasteiger partial charge is 0.502 e. The zero-order valence-electron chi connectivity index (χ0n) is 27.1. The Bertz CT molecular complexity index is 1370. The molecule has 9 nitrogen and oxygen atoms in total. The molecule has 1 N–H and O–H groups in total. The number of benzene rings is 1. The Labute approximate surface area is 256 Å². The van der Waals surface area contributed by atoms with E-state index in [1.165, 1.54) is 81.7 Å². The average Bonchev–Trinajstić information content (AvgIpc) is 3.44. The van der Waals surface area contributed by atoms with Crippen molar-refractivity contribution in [2.75, 3.05) is 32.8 Å². The fraction of sp³-hybridized carbons (Fsp3) is 0.676. The number of nitrogens with zero attached hydrogens (tertiary/aromatic N) is 4. The first-order valence-corrected chi connectivity index (χ1v) is 16.5. The van der Waals surface area contributed by atoms with E-state index in [1.807, 2.05) is 26.1 Å². The summed E-state index contributed by atoms with van der Waals surface area (Å²) < 4.78 is 20.2. The van der Waals surface area contributed by atoms with Gasteiger partial charge in [-0.1, -0.05) is 37.3 Å². The Morgan fingerprint density at radius 3 is 2.37 bits per heavy atom. The van der Waals surface area contributed by atoms with Crippen LogP contribution in [0.15, 0.2) is 27.5 Å². The second-order valence-electron chi connectivity index (χ2n) is 12.8. The number of aromatic hydroxyl groups is 1. The maximum absolute atomic E-state index is 12.4. The van der Waals surface area contributed by atoms with E-state index in [4.69, 9.17) is 13.9 Å². The van der Waals surface area contributed by atoms with Crippen molar-refractivity contribution in [1.29, 1.82) is 0 Å². The molecule has 4 rings (SSSR count). The van der Waals surface area contributed by atoms with Crippen molar-refractivity contribution in [3.8, 4) is 11.5 Å². The first-order chi connectivity index (χ1) is 20.7. The van der Waals surface area contributed by atoms with Gasteiger partial charge in [0.15, 0.2) is 11.3 Å². The normalized spacial score (nSPS) is 14.6. The standard InChI is InChI=1S/C34H52N4O5/c1-6-38(7-2,8-3)19-15-13-11-9-10-12-14-16-20-41-25-28-24-37(36-35-28)23-27-22-30(39)42-33-29(27)21-26-17-18-34(4,5)43-32(26)31(33)40/h21-22,24H,6-20,23,25H2,1-5H3/p+1. The highest BCUT2D eigenvalue weighted by atomic mass is 16.5. The third kappa shape index (κ3) is 8.82. The van der Waals surface area contributed by atoms with Gasteiger partial charge in [0.2, 0.25) is 5.75 Å². The molecule has 9 heteroatoms. The van der Waals surface area contributed by atoms with Crippen LogP contribution in [0.2, 0.25) is 0 Å². The molecule has 1 aliphatic heterocycles. The summed E-state index contributed by atoms with van der Waals surface area (Å²) in [6, 6.07) is 3.41. The van der Waals surface area contributed by atoms with E-state index < -0.39 is 5.63 Å². The Balaban J connectivity index is 1.17. The quantitative estimate of drug-likeness (QED) is 0.0983. The molecule has 0 bridgehead atoms. The maximum atomic E-state index is 12.4. The van der Waals surface area contributed by atoms with Crippen molar-refractivity contribution in [2.45, 2.75) is 118 Å². The zero-order chi connectivity index (χ0) is 30.9. The number of ether oxygens (including phenoxy) is 2. The summed E-state index contributed by atoms with van der Waals surface area (Å²) in [7, 11) is 0. The molecule has 0 unspecified atom stereocenters. The number of hydrogen-bond donors (Lipinski definition) is 1. The molecule has 0 spiro atoms. The summed E-state index contributed by atoms with van der Waals surface area (Å²) in [5.41, 5.74) is 1.59. The predicted octanol–water partition coefficient (Wildman–Crippen LogP) is 6.76. The molecular weight excluding hydrogens is 544 g/mol. The number of rotatable bonds is 18. The molecule has 3 aromatic rings. The van der Waals surface area contributed by atoms with E-state index in [0.717, 1.165) is 30.5 Å². The van der Waals surface area contributed by atoms with Gasteiger partial charge in [-0.2, -0.15) is 0 Å². The second kappa shape index (κ2) is 15.2. The Morgan fingerprint density at radius 1 is 1.00 bits per heavy atom. The van der Waals surface area contributed by atoms with Crippen LogP contribution in [0.25, 0.3) is 11.0 Å². The summed E-state index contributed by atoms with van der Waals surface area (Å²) >= 11 is 0. The summed E-state index contributed by atoms with van der Waals surface area (Å²) in [4.78, 5) is 12.4. The van der Waals surface area contributed by atoms with Crippen molar-refractivity contribution >= 4 is 11.0 Å². The van der Waals surface area contributed by atoms with Gasteiger partial charge in [0.25, 0.3) is 0 Å². The average molecular weight is 598 g/mol. The maximum Gasteiger partial charge on any atom is 0.336 e. The van der Waals surface area contributed by atoms with Gasteiger partial charge in [-0.05, 0) is 83.9 Å². The predicted molar refractivity (Wildman–Crippen MR) is 170 cm³/mol. The number of aryl methyl sites for hydroxylation is 1. The van der Waals surface area contributed by atoms with Crippen LogP contribution in [0.3, 0.4) is 0 Å². The Hall–Kier alpha value is -2.91. The lowest BCUT2D eigenvalue weighted by Gasteiger charge is -2.35. The molecule has 0 aliphatic carbocycles. The number of quaternary nitrogens is 1. The van der Waals surface area contributed by atoms with Gasteiger partial charge < -0.3 is 23.5 Å². The van der Waals surface area contributed by atoms with Gasteiger partial charge in [0.05, 0.1) is 45.5 Å². The van der Waals surface area contributed by atoms with Gasteiger partial charge in [0.1, 0.15) is 11.3 Å². The Kier molecular flexibility index (Phi) is 11.7. The number of hydrogen-bond acceptors (Lipinski definition) is 7. The highest BCUT2D eigenvalue weighted by Crippen LogP contribution is 2.44. The second-order valence-corrected chi connectivity index (χ2v) is 12.8. The number of unbranched alkanes of at least 4 members (excludes halogenated alkanes) is 7. The van der Waals surface area contributed by atoms with E-state index in [9.17, 15) is 9.90 Å². The fourth-order valence-electron chi connectivity index (χ4n) is 6.26. The van der Waals surface area contributed by atoms with Crippen molar-refractivity contribution in [1.82, 2.24) is 15.0 Å². The van der Waals surface area contributed by atoms with E-state index in [1.54, 1.807) is 4.68 Å². The molecule has 238 valence electrons. The molecule has 1 aliphatic rings. The van der Waals surface area contributed by atoms with Crippen LogP contribution < -0.4 is 10.4 Å². The molecule has 2 aromatic heterocycles. The molecule has 0 radical (unpaired) electrons. The zero-order valence-corrected chi connectivity index (χ0v) is 27.1. The first-order valence-electron chi connectivity index (χ1n) is 16.5. The van der Waals surface area contributed by atoms with Crippen molar-refractivity contribution < 1.29 is 23.5 Å². The first kappa shape index (κ1) is 33.0. The molecule has 0 saturated heterocycles. The van der Waals surface area contributed by atoms with E-state index in [0.29, 0.717) is 36.5 Å². The lowest BCUT2D eigenvalue weighted by Crippen LogP contribution is -2.48. The fourth-order valence-corrected chi connectivity index (χ4v) is 6.26. The van der Waals surface area contributed by atoms with E-state index >= 15 is 0 Å². The smallest absolute Gasteiger partial charge is 0.336 e. The van der Waals surface area contributed by atoms with Gasteiger partial charge in [-0.25, -0.2) is 9.48 Å². The third-order valence-corrected chi connectivity index (χ3v) is 9.35. The molecule has 0 atom stereocenters. The minimum absolute atomic E-state index is 0.122. The van der Waals surface area contributed by atoms with Crippen LogP contribution in [0, 0.1) is 0 Å². The van der Waals surface area contributed by atoms with E-state index in [2.05, 4.69) is 31.1 Å². The van der Waals surface area contributed by atoms with Crippen LogP contribution in [0.5, 0.6) is 11.5 Å². The lowest BCUT2D eigenvalue weighted by molar-refractivity contribution is -0.923. The molecule has 3 heterocycles. The molecule has 0 saturated carbocycles. The summed E-state index contributed by atoms with van der Waals surface area (Å²) in [5.74, 6) is 0.278. The number of aromatic nitrogens is 3. The van der Waals surface area contributed by atoms with Crippen LogP contribution in [-0.2, 0) is 24.3 Å². The van der Waals surface area contributed by atoms with E-state index in [-0.39, 0.29) is 16.9 Å². The summed E-state index contributed by atoms with van der Waals surface area (Å²) in [6.07, 6.45) is 13.7. The number of phenols is 1. The van der Waals surface area contributed by atoms with Gasteiger partial charge in [-0.3, -0.25) is 0 Å². The highest BCUT2D eigenvalue weighted by molar-refractivity contribution is 5.89. The van der Waals surface area contributed by atoms with Crippen LogP contribution in [-0.4, -0.2) is 63.0 Å². The topological polar surface area (TPSA) is 99.6 Å². The minimum Gasteiger partial charge on any atom is -0.502 e. The minimum atomic E-state index is -0.530. The molecule has 43 heavy (non-hydrogen) atoms. The van der Waals surface area contributed by atoms with Crippen molar-refractivity contribution in [3.63, 3.8) is 0 Å². The van der Waals surface area contributed by atoms with Crippen molar-refractivity contribution in [2.24, 2.45) is 0 Å². The van der Waals surface area contributed by atoms with Gasteiger partial charge in [0, 0.05) is 18.1 Å². The van der Waals surface area contributed by atoms with Crippen molar-refractivity contribution in [3.05, 3.63) is 45.6 Å². The highest BCUT2D eigenvalue weighted by Gasteiger charge is 2.31. The number of phenolic OH excluding ortho intramolecular Hbond substituents is 1. The van der Waals surface area contributed by atoms with Crippen LogP contribution in [0.1, 0.15) is 109 Å². The molecule has 0 fully saturated rings. The van der Waals surface area contributed by atoms with Crippen LogP contribution in [0.4, 0.5) is 0 Å². The Morgan fingerprint density at radius 2 is 1.67 bits per heavy atom. The summed E-state index contributed by atoms with van der Waals surface area (Å²) in [6.45, 7) is 17.5. The molecule has 1 aromatic carbocycles. The molecular formula is C34H53N4O5+. The monoisotopic (exact) mass is 597 g/mol. The third-order valence-electron chi connectivity index (χ3n) is 9.35. The molecule has 0 amide bonds. The van der Waals surface area contributed by atoms with Gasteiger partial charge in [-0.15, -0.1) is 5.10 Å².